The molecule has 208 valence electrons. The molecule has 13 heteroatoms. The van der Waals surface area contributed by atoms with Crippen molar-refractivity contribution in [2.45, 2.75) is 57.4 Å². The summed E-state index contributed by atoms with van der Waals surface area (Å²) in [7, 11) is -4.22. The molecule has 2 aromatic rings. The van der Waals surface area contributed by atoms with Gasteiger partial charge in [-0.1, -0.05) is 54.2 Å². The molecule has 0 aromatic heterocycles. The zero-order valence-electron chi connectivity index (χ0n) is 20.8. The van der Waals surface area contributed by atoms with Gasteiger partial charge >= 0.3 is 6.18 Å². The van der Waals surface area contributed by atoms with Gasteiger partial charge in [-0.25, -0.2) is 8.42 Å². The summed E-state index contributed by atoms with van der Waals surface area (Å²) in [6.07, 6.45) is -0.481. The fourth-order valence-electron chi connectivity index (χ4n) is 4.28. The van der Waals surface area contributed by atoms with Crippen molar-refractivity contribution in [3.05, 3.63) is 63.6 Å². The summed E-state index contributed by atoms with van der Waals surface area (Å²) in [4.78, 5) is 27.8. The average molecular weight is 594 g/mol. The van der Waals surface area contributed by atoms with Gasteiger partial charge in [0.1, 0.15) is 12.6 Å². The molecule has 1 aliphatic carbocycles. The lowest BCUT2D eigenvalue weighted by Gasteiger charge is -2.32. The van der Waals surface area contributed by atoms with E-state index in [1.54, 1.807) is 24.3 Å². The van der Waals surface area contributed by atoms with Crippen molar-refractivity contribution in [1.29, 1.82) is 0 Å². The number of hydrogen-bond acceptors (Lipinski definition) is 4. The van der Waals surface area contributed by atoms with Crippen LogP contribution in [0.2, 0.25) is 10.0 Å². The van der Waals surface area contributed by atoms with Crippen LogP contribution in [0.4, 0.5) is 18.9 Å². The molecular formula is C25H28Cl2F3N3O4S. The van der Waals surface area contributed by atoms with Crippen LogP contribution in [0.3, 0.4) is 0 Å². The molecule has 0 saturated heterocycles. The van der Waals surface area contributed by atoms with Crippen LogP contribution in [0, 0.1) is 0 Å². The Morgan fingerprint density at radius 2 is 1.71 bits per heavy atom. The SMILES string of the molecule is CC(C(=O)NC1CCCC1)N(Cc1ccccc1Cl)C(=O)CN(c1ccc(Cl)c(C(F)(F)F)c1)S(C)(=O)=O. The van der Waals surface area contributed by atoms with Gasteiger partial charge < -0.3 is 10.2 Å². The van der Waals surface area contributed by atoms with Gasteiger partial charge in [-0.15, -0.1) is 0 Å². The van der Waals surface area contributed by atoms with E-state index < -0.39 is 56.9 Å². The van der Waals surface area contributed by atoms with E-state index in [-0.39, 0.29) is 12.6 Å². The zero-order chi connectivity index (χ0) is 28.3. The van der Waals surface area contributed by atoms with E-state index >= 15 is 0 Å². The van der Waals surface area contributed by atoms with Gasteiger partial charge in [-0.05, 0) is 49.6 Å². The highest BCUT2D eigenvalue weighted by molar-refractivity contribution is 7.92. The van der Waals surface area contributed by atoms with Crippen molar-refractivity contribution < 1.29 is 31.2 Å². The first kappa shape index (κ1) is 30.0. The quantitative estimate of drug-likeness (QED) is 0.430. The van der Waals surface area contributed by atoms with E-state index in [9.17, 15) is 31.2 Å². The Bertz CT molecular complexity index is 1280. The Balaban J connectivity index is 1.95. The second kappa shape index (κ2) is 12.1. The molecular weight excluding hydrogens is 566 g/mol. The summed E-state index contributed by atoms with van der Waals surface area (Å²) in [6, 6.07) is 8.20. The molecule has 2 aromatic carbocycles. The summed E-state index contributed by atoms with van der Waals surface area (Å²) in [6.45, 7) is 0.543. The van der Waals surface area contributed by atoms with Crippen molar-refractivity contribution in [2.75, 3.05) is 17.1 Å². The van der Waals surface area contributed by atoms with Crippen LogP contribution < -0.4 is 9.62 Å². The lowest BCUT2D eigenvalue weighted by Crippen LogP contribution is -2.52. The number of nitrogens with zero attached hydrogens (tertiary/aromatic N) is 2. The number of benzene rings is 2. The third kappa shape index (κ3) is 7.54. The monoisotopic (exact) mass is 593 g/mol. The maximum Gasteiger partial charge on any atom is 0.417 e. The Morgan fingerprint density at radius 3 is 2.29 bits per heavy atom. The van der Waals surface area contributed by atoms with E-state index in [0.29, 0.717) is 21.0 Å². The first-order valence-corrected chi connectivity index (χ1v) is 14.5. The number of carbonyl (C=O) groups excluding carboxylic acids is 2. The molecule has 0 aliphatic heterocycles. The maximum absolute atomic E-state index is 13.6. The van der Waals surface area contributed by atoms with Crippen LogP contribution in [0.15, 0.2) is 42.5 Å². The van der Waals surface area contributed by atoms with Crippen molar-refractivity contribution >= 4 is 50.7 Å². The number of nitrogens with one attached hydrogen (secondary N) is 1. The molecule has 1 N–H and O–H groups in total. The minimum Gasteiger partial charge on any atom is -0.352 e. The van der Waals surface area contributed by atoms with Crippen molar-refractivity contribution in [3.8, 4) is 0 Å². The Hall–Kier alpha value is -2.50. The van der Waals surface area contributed by atoms with Gasteiger partial charge in [0.05, 0.1) is 22.5 Å². The normalized spacial score (nSPS) is 15.2. The third-order valence-corrected chi connectivity index (χ3v) is 8.23. The van der Waals surface area contributed by atoms with Gasteiger partial charge in [0.15, 0.2) is 0 Å². The van der Waals surface area contributed by atoms with Crippen molar-refractivity contribution in [2.24, 2.45) is 0 Å². The number of sulfonamides is 1. The average Bonchev–Trinajstić information content (AvgIpc) is 3.33. The molecule has 7 nitrogen and oxygen atoms in total. The van der Waals surface area contributed by atoms with Crippen LogP contribution >= 0.6 is 23.2 Å². The molecule has 1 atom stereocenters. The van der Waals surface area contributed by atoms with Crippen LogP contribution in [0.25, 0.3) is 0 Å². The Kier molecular flexibility index (Phi) is 9.59. The first-order valence-electron chi connectivity index (χ1n) is 11.9. The fraction of sp³-hybridized carbons (Fsp3) is 0.440. The highest BCUT2D eigenvalue weighted by Gasteiger charge is 2.36. The smallest absolute Gasteiger partial charge is 0.352 e. The standard InChI is InChI=1S/C25H28Cl2F3N3O4S/c1-16(24(35)31-18-8-4-5-9-18)32(14-17-7-3-6-10-21(17)26)23(34)15-33(38(2,36)37)19-11-12-22(27)20(13-19)25(28,29)30/h3,6-7,10-13,16,18H,4-5,8-9,14-15H2,1-2H3,(H,31,35). The van der Waals surface area contributed by atoms with E-state index in [1.807, 2.05) is 0 Å². The molecule has 0 heterocycles. The summed E-state index contributed by atoms with van der Waals surface area (Å²) < 4.78 is 66.1. The van der Waals surface area contributed by atoms with E-state index in [2.05, 4.69) is 5.32 Å². The summed E-state index contributed by atoms with van der Waals surface area (Å²) in [5, 5.41) is 2.64. The predicted molar refractivity (Wildman–Crippen MR) is 141 cm³/mol. The van der Waals surface area contributed by atoms with Gasteiger partial charge in [0.25, 0.3) is 0 Å². The molecule has 38 heavy (non-hydrogen) atoms. The largest absolute Gasteiger partial charge is 0.417 e. The second-order valence-corrected chi connectivity index (χ2v) is 11.9. The minimum atomic E-state index is -4.84. The minimum absolute atomic E-state index is 0.0235. The summed E-state index contributed by atoms with van der Waals surface area (Å²) in [5.74, 6) is -1.22. The summed E-state index contributed by atoms with van der Waals surface area (Å²) in [5.41, 5.74) is -1.12. The lowest BCUT2D eigenvalue weighted by atomic mass is 10.1. The van der Waals surface area contributed by atoms with E-state index in [4.69, 9.17) is 23.2 Å². The number of halogens is 5. The molecule has 0 radical (unpaired) electrons. The number of rotatable bonds is 9. The van der Waals surface area contributed by atoms with Gasteiger partial charge in [-0.3, -0.25) is 13.9 Å². The number of carbonyl (C=O) groups is 2. The molecule has 1 unspecified atom stereocenters. The maximum atomic E-state index is 13.6. The van der Waals surface area contributed by atoms with Crippen LogP contribution in [-0.2, 0) is 32.3 Å². The summed E-state index contributed by atoms with van der Waals surface area (Å²) >= 11 is 12.0. The molecule has 0 spiro atoms. The highest BCUT2D eigenvalue weighted by atomic mass is 35.5. The van der Waals surface area contributed by atoms with Gasteiger partial charge in [-0.2, -0.15) is 13.2 Å². The fourth-order valence-corrected chi connectivity index (χ4v) is 5.55. The van der Waals surface area contributed by atoms with Crippen LogP contribution in [-0.4, -0.2) is 50.0 Å². The second-order valence-electron chi connectivity index (χ2n) is 9.21. The van der Waals surface area contributed by atoms with Gasteiger partial charge in [0, 0.05) is 17.6 Å². The van der Waals surface area contributed by atoms with E-state index in [0.717, 1.165) is 44.1 Å². The van der Waals surface area contributed by atoms with Crippen LogP contribution in [0.5, 0.6) is 0 Å². The number of anilines is 1. The Labute approximate surface area is 229 Å². The Morgan fingerprint density at radius 1 is 1.08 bits per heavy atom. The predicted octanol–water partition coefficient (Wildman–Crippen LogP) is 5.25. The lowest BCUT2D eigenvalue weighted by molar-refractivity contribution is -0.139. The van der Waals surface area contributed by atoms with Crippen molar-refractivity contribution in [1.82, 2.24) is 10.2 Å². The molecule has 1 fully saturated rings. The zero-order valence-corrected chi connectivity index (χ0v) is 23.1. The molecule has 0 bridgehead atoms. The number of alkyl halides is 3. The molecule has 1 saturated carbocycles. The molecule has 2 amide bonds. The molecule has 1 aliphatic rings. The van der Waals surface area contributed by atoms with Crippen LogP contribution in [0.1, 0.15) is 43.7 Å². The van der Waals surface area contributed by atoms with Crippen molar-refractivity contribution in [3.63, 3.8) is 0 Å². The topological polar surface area (TPSA) is 86.8 Å². The molecule has 3 rings (SSSR count). The number of hydrogen-bond donors (Lipinski definition) is 1. The highest BCUT2D eigenvalue weighted by Crippen LogP contribution is 2.37. The number of amides is 2. The van der Waals surface area contributed by atoms with E-state index in [1.165, 1.54) is 11.8 Å². The first-order chi connectivity index (χ1) is 17.7. The third-order valence-electron chi connectivity index (χ3n) is 6.39. The van der Waals surface area contributed by atoms with Gasteiger partial charge in [0.2, 0.25) is 21.8 Å².